The average molecular weight is 745 g/mol. The van der Waals surface area contributed by atoms with Crippen LogP contribution >= 0.6 is 11.3 Å². The molecule has 11 rings (SSSR count). The molecule has 0 saturated carbocycles. The maximum Gasteiger partial charge on any atom is 0.0702 e. The smallest absolute Gasteiger partial charge is 0.0702 e. The van der Waals surface area contributed by atoms with Crippen LogP contribution in [0.4, 0.5) is 17.1 Å². The lowest BCUT2D eigenvalue weighted by Gasteiger charge is -2.32. The Labute approximate surface area is 335 Å². The zero-order valence-electron chi connectivity index (χ0n) is 31.1. The molecule has 0 amide bonds. The quantitative estimate of drug-likeness (QED) is 0.158. The Hall–Kier alpha value is -7.20. The van der Waals surface area contributed by atoms with Crippen LogP contribution in [0.3, 0.4) is 0 Å². The van der Waals surface area contributed by atoms with Crippen molar-refractivity contribution >= 4 is 70.4 Å². The molecule has 2 heterocycles. The molecular weight excluding hydrogens is 709 g/mol. The van der Waals surface area contributed by atoms with Crippen LogP contribution in [0.2, 0.25) is 0 Å². The van der Waals surface area contributed by atoms with Crippen molar-refractivity contribution in [3.63, 3.8) is 0 Å². The highest BCUT2D eigenvalue weighted by atomic mass is 32.1. The van der Waals surface area contributed by atoms with E-state index in [1.165, 1.54) is 75.4 Å². The van der Waals surface area contributed by atoms with Crippen LogP contribution in [0.1, 0.15) is 0 Å². The van der Waals surface area contributed by atoms with Crippen LogP contribution in [0.5, 0.6) is 0 Å². The van der Waals surface area contributed by atoms with Crippen molar-refractivity contribution in [2.24, 2.45) is 0 Å². The highest BCUT2D eigenvalue weighted by molar-refractivity contribution is 7.25. The topological polar surface area (TPSA) is 8.17 Å². The monoisotopic (exact) mass is 744 g/mol. The van der Waals surface area contributed by atoms with Gasteiger partial charge in [-0.15, -0.1) is 11.3 Å². The van der Waals surface area contributed by atoms with E-state index in [-0.39, 0.29) is 0 Å². The molecule has 0 spiro atoms. The van der Waals surface area contributed by atoms with E-state index in [1.54, 1.807) is 0 Å². The fraction of sp³-hybridized carbons (Fsp3) is 0. The number of benzene rings is 9. The van der Waals surface area contributed by atoms with Crippen LogP contribution in [-0.2, 0) is 0 Å². The molecule has 0 unspecified atom stereocenters. The molecule has 0 radical (unpaired) electrons. The van der Waals surface area contributed by atoms with E-state index in [0.717, 1.165) is 22.7 Å². The average Bonchev–Trinajstić information content (AvgIpc) is 3.83. The first-order valence-corrected chi connectivity index (χ1v) is 20.3. The molecule has 11 aromatic rings. The Balaban J connectivity index is 1.27. The fourth-order valence-electron chi connectivity index (χ4n) is 8.72. The molecule has 0 saturated heterocycles. The van der Waals surface area contributed by atoms with Gasteiger partial charge < -0.3 is 9.47 Å². The zero-order chi connectivity index (χ0) is 37.7. The molecule has 0 aliphatic carbocycles. The SMILES string of the molecule is c1ccc(-c2ccccc2-c2c(-c3ccccc3)cccc2N(c2ccc3sc4ccccc4c3c2)c2ccccc2-n2c3ccccc3c3ccccc32)cc1. The number of nitrogens with zero attached hydrogens (tertiary/aromatic N) is 2. The third-order valence-electron chi connectivity index (χ3n) is 11.2. The normalized spacial score (nSPS) is 11.5. The second-order valence-corrected chi connectivity index (χ2v) is 15.5. The molecular formula is C54H36N2S. The fourth-order valence-corrected chi connectivity index (χ4v) is 9.81. The van der Waals surface area contributed by atoms with Crippen molar-refractivity contribution in [2.75, 3.05) is 4.90 Å². The van der Waals surface area contributed by atoms with Gasteiger partial charge in [0, 0.05) is 42.2 Å². The molecule has 0 fully saturated rings. The van der Waals surface area contributed by atoms with E-state index >= 15 is 0 Å². The molecule has 57 heavy (non-hydrogen) atoms. The standard InChI is InChI=1S/C54H36N2S/c1-3-18-37(19-4-1)40-22-7-8-26-45(40)54-41(38-20-5-2-6-21-38)27-17-32-51(54)55(39-34-35-53-46(36-39)44-25-11-16-33-52(44)57-53)49-30-14-15-31-50(49)56-47-28-12-9-23-42(47)43-24-10-13-29-48(43)56/h1-36H. The number of thiophene rings is 1. The van der Waals surface area contributed by atoms with Crippen molar-refractivity contribution in [2.45, 2.75) is 0 Å². The van der Waals surface area contributed by atoms with Crippen molar-refractivity contribution < 1.29 is 0 Å². The molecule has 0 aliphatic rings. The summed E-state index contributed by atoms with van der Waals surface area (Å²) < 4.78 is 5.03. The first-order valence-electron chi connectivity index (χ1n) is 19.4. The molecule has 268 valence electrons. The van der Waals surface area contributed by atoms with Crippen molar-refractivity contribution in [3.8, 4) is 39.1 Å². The van der Waals surface area contributed by atoms with Crippen LogP contribution < -0.4 is 4.90 Å². The molecule has 0 N–H and O–H groups in total. The van der Waals surface area contributed by atoms with Crippen molar-refractivity contribution in [1.29, 1.82) is 0 Å². The van der Waals surface area contributed by atoms with E-state index in [0.29, 0.717) is 0 Å². The third-order valence-corrected chi connectivity index (χ3v) is 12.4. The van der Waals surface area contributed by atoms with Crippen LogP contribution in [0.25, 0.3) is 81.0 Å². The summed E-state index contributed by atoms with van der Waals surface area (Å²) in [6.45, 7) is 0. The van der Waals surface area contributed by atoms with E-state index in [1.807, 2.05) is 11.3 Å². The molecule has 9 aromatic carbocycles. The molecule has 2 nitrogen and oxygen atoms in total. The number of aromatic nitrogens is 1. The van der Waals surface area contributed by atoms with Gasteiger partial charge in [0.1, 0.15) is 0 Å². The summed E-state index contributed by atoms with van der Waals surface area (Å²) >= 11 is 1.85. The molecule has 0 atom stereocenters. The number of fused-ring (bicyclic) bond motifs is 6. The number of para-hydroxylation sites is 4. The van der Waals surface area contributed by atoms with Crippen LogP contribution in [0.15, 0.2) is 218 Å². The van der Waals surface area contributed by atoms with Gasteiger partial charge in [0.05, 0.1) is 28.1 Å². The van der Waals surface area contributed by atoms with E-state index in [2.05, 4.69) is 228 Å². The summed E-state index contributed by atoms with van der Waals surface area (Å²) in [5, 5.41) is 5.02. The first-order chi connectivity index (χ1) is 28.3. The Morgan fingerprint density at radius 3 is 1.61 bits per heavy atom. The van der Waals surface area contributed by atoms with E-state index in [4.69, 9.17) is 0 Å². The van der Waals surface area contributed by atoms with Gasteiger partial charge >= 0.3 is 0 Å². The van der Waals surface area contributed by atoms with Gasteiger partial charge in [-0.3, -0.25) is 0 Å². The van der Waals surface area contributed by atoms with Gasteiger partial charge in [-0.25, -0.2) is 0 Å². The van der Waals surface area contributed by atoms with Crippen molar-refractivity contribution in [1.82, 2.24) is 4.57 Å². The summed E-state index contributed by atoms with van der Waals surface area (Å²) in [4.78, 5) is 2.51. The molecule has 2 aromatic heterocycles. The second kappa shape index (κ2) is 13.8. The minimum absolute atomic E-state index is 1.09. The van der Waals surface area contributed by atoms with Crippen molar-refractivity contribution in [3.05, 3.63) is 218 Å². The van der Waals surface area contributed by atoms with E-state index in [9.17, 15) is 0 Å². The number of rotatable bonds is 7. The molecule has 0 bridgehead atoms. The lowest BCUT2D eigenvalue weighted by atomic mass is 9.87. The summed E-state index contributed by atoms with van der Waals surface area (Å²) in [6, 6.07) is 79.6. The Bertz CT molecular complexity index is 3190. The maximum atomic E-state index is 2.51. The van der Waals surface area contributed by atoms with E-state index < -0.39 is 0 Å². The maximum absolute atomic E-state index is 2.51. The molecule has 3 heteroatoms. The van der Waals surface area contributed by atoms with Gasteiger partial charge in [-0.05, 0) is 82.4 Å². The minimum Gasteiger partial charge on any atom is -0.308 e. The highest BCUT2D eigenvalue weighted by Crippen LogP contribution is 2.50. The van der Waals surface area contributed by atoms with Crippen LogP contribution in [-0.4, -0.2) is 4.57 Å². The van der Waals surface area contributed by atoms with Gasteiger partial charge in [-0.1, -0.05) is 164 Å². The third kappa shape index (κ3) is 5.55. The van der Waals surface area contributed by atoms with Gasteiger partial charge in [0.15, 0.2) is 0 Å². The lowest BCUT2D eigenvalue weighted by Crippen LogP contribution is -2.14. The summed E-state index contributed by atoms with van der Waals surface area (Å²) in [5.74, 6) is 0. The summed E-state index contributed by atoms with van der Waals surface area (Å²) in [7, 11) is 0. The first kappa shape index (κ1) is 33.2. The number of hydrogen-bond donors (Lipinski definition) is 0. The second-order valence-electron chi connectivity index (χ2n) is 14.4. The Morgan fingerprint density at radius 2 is 0.877 bits per heavy atom. The number of hydrogen-bond acceptors (Lipinski definition) is 2. The largest absolute Gasteiger partial charge is 0.308 e. The summed E-state index contributed by atoms with van der Waals surface area (Å²) in [5.41, 5.74) is 13.8. The minimum atomic E-state index is 1.09. The Morgan fingerprint density at radius 1 is 0.351 bits per heavy atom. The molecule has 0 aliphatic heterocycles. The van der Waals surface area contributed by atoms with Gasteiger partial charge in [-0.2, -0.15) is 0 Å². The number of anilines is 3. The van der Waals surface area contributed by atoms with Gasteiger partial charge in [0.2, 0.25) is 0 Å². The van der Waals surface area contributed by atoms with Crippen LogP contribution in [0, 0.1) is 0 Å². The summed E-state index contributed by atoms with van der Waals surface area (Å²) in [6.07, 6.45) is 0. The van der Waals surface area contributed by atoms with Gasteiger partial charge in [0.25, 0.3) is 0 Å². The lowest BCUT2D eigenvalue weighted by molar-refractivity contribution is 1.15. The predicted octanol–water partition coefficient (Wildman–Crippen LogP) is 15.6. The predicted molar refractivity (Wildman–Crippen MR) is 245 cm³/mol. The Kier molecular flexibility index (Phi) is 8.04. The highest BCUT2D eigenvalue weighted by Gasteiger charge is 2.26. The zero-order valence-corrected chi connectivity index (χ0v) is 31.9.